The number of nitrogens with zero attached hydrogens (tertiary/aromatic N) is 2. The second-order valence-corrected chi connectivity index (χ2v) is 9.10. The molecule has 0 aromatic heterocycles. The average Bonchev–Trinajstić information content (AvgIpc) is 2.73. The van der Waals surface area contributed by atoms with Crippen molar-refractivity contribution in [1.82, 2.24) is 4.31 Å². The number of alkyl halides is 2. The summed E-state index contributed by atoms with van der Waals surface area (Å²) in [5.41, 5.74) is 0.813. The number of carbonyl (C=O) groups excluding carboxylic acids is 1. The van der Waals surface area contributed by atoms with Crippen LogP contribution >= 0.6 is 0 Å². The van der Waals surface area contributed by atoms with Gasteiger partial charge in [0.05, 0.1) is 20.2 Å². The smallest absolute Gasteiger partial charge is 0.387 e. The molecule has 2 aromatic rings. The lowest BCUT2D eigenvalue weighted by atomic mass is 10.2. The van der Waals surface area contributed by atoms with E-state index in [1.807, 2.05) is 4.31 Å². The molecule has 0 saturated carbocycles. The van der Waals surface area contributed by atoms with E-state index in [0.29, 0.717) is 29.2 Å². The monoisotopic (exact) mass is 422 g/mol. The molecule has 1 heterocycles. The molecule has 0 spiro atoms. The third-order valence-electron chi connectivity index (χ3n) is 4.95. The highest BCUT2D eigenvalue weighted by atomic mass is 32.2. The number of amides is 1. The Morgan fingerprint density at radius 1 is 1.10 bits per heavy atom. The second kappa shape index (κ2) is 8.92. The van der Waals surface area contributed by atoms with Crippen molar-refractivity contribution in [2.75, 3.05) is 25.0 Å². The number of piperidine rings is 1. The van der Waals surface area contributed by atoms with Crippen LogP contribution in [0.1, 0.15) is 29.6 Å². The minimum atomic E-state index is -2.91. The molecule has 1 saturated heterocycles. The Morgan fingerprint density at radius 2 is 1.72 bits per heavy atom. The highest BCUT2D eigenvalue weighted by Gasteiger charge is 2.26. The van der Waals surface area contributed by atoms with Crippen molar-refractivity contribution in [3.05, 3.63) is 54.1 Å². The molecule has 0 aliphatic carbocycles. The third-order valence-corrected chi connectivity index (χ3v) is 7.19. The zero-order valence-corrected chi connectivity index (χ0v) is 17.0. The van der Waals surface area contributed by atoms with Gasteiger partial charge in [-0.05, 0) is 55.1 Å². The van der Waals surface area contributed by atoms with E-state index < -0.39 is 16.3 Å². The summed E-state index contributed by atoms with van der Waals surface area (Å²) < 4.78 is 44.4. The molecule has 29 heavy (non-hydrogen) atoms. The lowest BCUT2D eigenvalue weighted by Crippen LogP contribution is -2.37. The second-order valence-electron chi connectivity index (χ2n) is 6.86. The topological polar surface area (TPSA) is 49.9 Å². The summed E-state index contributed by atoms with van der Waals surface area (Å²) in [4.78, 5) is 15.0. The van der Waals surface area contributed by atoms with Gasteiger partial charge in [-0.15, -0.1) is 0 Å². The fraction of sp³-hybridized carbons (Fsp3) is 0.333. The lowest BCUT2D eigenvalue weighted by molar-refractivity contribution is -0.0498. The van der Waals surface area contributed by atoms with Gasteiger partial charge in [0.1, 0.15) is 5.75 Å². The van der Waals surface area contributed by atoms with Crippen molar-refractivity contribution < 1.29 is 22.5 Å². The first-order valence-electron chi connectivity index (χ1n) is 9.35. The summed E-state index contributed by atoms with van der Waals surface area (Å²) in [5.74, 6) is 3.63. The molecule has 0 radical (unpaired) electrons. The van der Waals surface area contributed by atoms with Gasteiger partial charge in [0.15, 0.2) is 0 Å². The minimum absolute atomic E-state index is 0.0101. The maximum atomic E-state index is 13.5. The van der Waals surface area contributed by atoms with Gasteiger partial charge < -0.3 is 9.64 Å². The predicted octanol–water partition coefficient (Wildman–Crippen LogP) is 4.04. The molecule has 2 aromatic carbocycles. The van der Waals surface area contributed by atoms with E-state index in [1.54, 1.807) is 31.3 Å². The molecule has 1 atom stereocenters. The van der Waals surface area contributed by atoms with Crippen molar-refractivity contribution >= 4 is 27.2 Å². The number of halogens is 2. The first-order chi connectivity index (χ1) is 13.8. The van der Waals surface area contributed by atoms with E-state index in [9.17, 15) is 17.8 Å². The molecule has 8 heteroatoms. The number of anilines is 1. The summed E-state index contributed by atoms with van der Waals surface area (Å²) in [6.07, 6.45) is 3.01. The van der Waals surface area contributed by atoms with E-state index >= 15 is 0 Å². The van der Waals surface area contributed by atoms with Crippen LogP contribution in [-0.4, -0.2) is 47.0 Å². The number of rotatable bonds is 6. The van der Waals surface area contributed by atoms with Crippen molar-refractivity contribution in [1.29, 1.82) is 0 Å². The maximum absolute atomic E-state index is 13.5. The van der Waals surface area contributed by atoms with E-state index in [1.165, 1.54) is 29.2 Å². The Balaban J connectivity index is 1.88. The van der Waals surface area contributed by atoms with E-state index in [2.05, 4.69) is 10.6 Å². The first-order valence-corrected chi connectivity index (χ1v) is 11.0. The van der Waals surface area contributed by atoms with Gasteiger partial charge in [0.2, 0.25) is 0 Å². The largest absolute Gasteiger partial charge is 0.435 e. The summed E-state index contributed by atoms with van der Waals surface area (Å²) in [5, 5.41) is 0. The van der Waals surface area contributed by atoms with Crippen LogP contribution in [0, 0.1) is 0 Å². The summed E-state index contributed by atoms with van der Waals surface area (Å²) >= 11 is 0. The Bertz CT molecular complexity index is 956. The molecule has 5 nitrogen and oxygen atoms in total. The quantitative estimate of drug-likeness (QED) is 0.660. The molecule has 156 valence electrons. The van der Waals surface area contributed by atoms with Gasteiger partial charge in [0, 0.05) is 25.8 Å². The van der Waals surface area contributed by atoms with Gasteiger partial charge >= 0.3 is 6.61 Å². The van der Waals surface area contributed by atoms with Crippen molar-refractivity contribution in [3.8, 4) is 5.75 Å². The van der Waals surface area contributed by atoms with Crippen molar-refractivity contribution in [2.24, 2.45) is 0 Å². The van der Waals surface area contributed by atoms with Gasteiger partial charge in [-0.25, -0.2) is 8.51 Å². The lowest BCUT2D eigenvalue weighted by Gasteiger charge is -2.31. The zero-order valence-electron chi connectivity index (χ0n) is 16.2. The predicted molar refractivity (Wildman–Crippen MR) is 111 cm³/mol. The van der Waals surface area contributed by atoms with Crippen molar-refractivity contribution in [3.63, 3.8) is 0 Å². The Labute approximate surface area is 170 Å². The zero-order chi connectivity index (χ0) is 21.0. The van der Waals surface area contributed by atoms with Gasteiger partial charge in [-0.3, -0.25) is 4.79 Å². The molecule has 0 bridgehead atoms. The first kappa shape index (κ1) is 21.3. The van der Waals surface area contributed by atoms with Gasteiger partial charge in [-0.2, -0.15) is 8.78 Å². The third kappa shape index (κ3) is 4.76. The van der Waals surface area contributed by atoms with Crippen LogP contribution in [0.5, 0.6) is 5.75 Å². The van der Waals surface area contributed by atoms with Crippen LogP contribution in [0.15, 0.2) is 53.4 Å². The molecular weight excluding hydrogens is 398 g/mol. The van der Waals surface area contributed by atoms with Crippen LogP contribution in [0.2, 0.25) is 0 Å². The Kier molecular flexibility index (Phi) is 6.54. The van der Waals surface area contributed by atoms with Crippen LogP contribution in [-0.2, 0) is 9.71 Å². The highest BCUT2D eigenvalue weighted by molar-refractivity contribution is 7.98. The van der Waals surface area contributed by atoms with E-state index in [0.717, 1.165) is 19.3 Å². The van der Waals surface area contributed by atoms with Crippen LogP contribution < -0.4 is 9.64 Å². The number of hydrogen-bond donors (Lipinski definition) is 0. The summed E-state index contributed by atoms with van der Waals surface area (Å²) in [6, 6.07) is 12.6. The van der Waals surface area contributed by atoms with Gasteiger partial charge in [0.25, 0.3) is 5.91 Å². The maximum Gasteiger partial charge on any atom is 0.387 e. The molecule has 1 unspecified atom stereocenters. The van der Waals surface area contributed by atoms with Crippen molar-refractivity contribution in [2.45, 2.75) is 30.8 Å². The number of hydrogen-bond acceptors (Lipinski definition) is 3. The summed E-state index contributed by atoms with van der Waals surface area (Å²) in [7, 11) is -1.21. The molecule has 1 fully saturated rings. The van der Waals surface area contributed by atoms with Crippen LogP contribution in [0.3, 0.4) is 0 Å². The molecule has 1 aliphatic heterocycles. The van der Waals surface area contributed by atoms with E-state index in [-0.39, 0.29) is 11.7 Å². The molecule has 3 rings (SSSR count). The SMILES string of the molecule is C=S(=O)(c1ccccc1C(=O)N(C)c1ccc(OC(F)F)cc1)N1CCCCC1. The van der Waals surface area contributed by atoms with Crippen LogP contribution in [0.4, 0.5) is 14.5 Å². The molecular formula is C21H24F2N2O3S. The fourth-order valence-corrected chi connectivity index (χ4v) is 5.29. The average molecular weight is 422 g/mol. The summed E-state index contributed by atoms with van der Waals surface area (Å²) in [6.45, 7) is -1.54. The minimum Gasteiger partial charge on any atom is -0.435 e. The Hall–Kier alpha value is -2.45. The number of carbonyl (C=O) groups is 1. The fourth-order valence-electron chi connectivity index (χ4n) is 3.37. The number of ether oxygens (including phenoxy) is 1. The highest BCUT2D eigenvalue weighted by Crippen LogP contribution is 2.26. The molecule has 1 aliphatic rings. The van der Waals surface area contributed by atoms with Crippen LogP contribution in [0.25, 0.3) is 0 Å². The standard InChI is InChI=1S/C21H24F2N2O3S/c1-24(16-10-12-17(13-11-16)28-21(22)23)20(26)18-8-4-5-9-19(18)29(2,27)25-14-6-3-7-15-25/h4-5,8-13,21H,2-3,6-7,14-15H2,1H3. The Morgan fingerprint density at radius 3 is 2.34 bits per heavy atom. The molecule has 1 amide bonds. The van der Waals surface area contributed by atoms with Gasteiger partial charge in [-0.1, -0.05) is 18.6 Å². The van der Waals surface area contributed by atoms with E-state index in [4.69, 9.17) is 0 Å². The number of benzene rings is 2. The molecule has 0 N–H and O–H groups in total. The normalized spacial score (nSPS) is 17.0.